The third kappa shape index (κ3) is 4.95. The molecule has 1 aliphatic heterocycles. The number of carboxylic acid groups (broad SMARTS) is 1. The number of aliphatic hydroxyl groups is 3. The number of carbonyl (C=O) groups is 1. The normalized spacial score (nSPS) is 25.7. The van der Waals surface area contributed by atoms with Gasteiger partial charge in [0.05, 0.1) is 9.82 Å². The molecular formula is C18H19N3O10S. The lowest BCUT2D eigenvalue weighted by Crippen LogP contribution is -2.61. The maximum atomic E-state index is 12.5. The number of ether oxygens (including phenoxy) is 1. The summed E-state index contributed by atoms with van der Waals surface area (Å²) in [5.74, 6) is -1.53. The summed E-state index contributed by atoms with van der Waals surface area (Å²) >= 11 is 0. The monoisotopic (exact) mass is 469 g/mol. The number of aliphatic carboxylic acids is 1. The molecule has 1 saturated heterocycles. The molecule has 32 heavy (non-hydrogen) atoms. The van der Waals surface area contributed by atoms with Crippen molar-refractivity contribution in [2.24, 2.45) is 0 Å². The zero-order valence-corrected chi connectivity index (χ0v) is 16.9. The third-order valence-corrected chi connectivity index (χ3v) is 6.06. The van der Waals surface area contributed by atoms with Gasteiger partial charge in [0.25, 0.3) is 15.7 Å². The fourth-order valence-electron chi connectivity index (χ4n) is 2.96. The first-order valence-corrected chi connectivity index (χ1v) is 10.5. The van der Waals surface area contributed by atoms with Gasteiger partial charge in [0.15, 0.2) is 12.3 Å². The van der Waals surface area contributed by atoms with Gasteiger partial charge in [-0.1, -0.05) is 0 Å². The van der Waals surface area contributed by atoms with Gasteiger partial charge in [0.1, 0.15) is 18.3 Å². The molecule has 1 heterocycles. The lowest BCUT2D eigenvalue weighted by Gasteiger charge is -2.39. The van der Waals surface area contributed by atoms with Crippen LogP contribution < -0.4 is 10.0 Å². The van der Waals surface area contributed by atoms with E-state index in [2.05, 4.69) is 10.0 Å². The first-order chi connectivity index (χ1) is 15.0. The molecule has 0 aromatic heterocycles. The zero-order chi connectivity index (χ0) is 23.6. The van der Waals surface area contributed by atoms with Gasteiger partial charge in [-0.25, -0.2) is 13.2 Å². The molecule has 5 atom stereocenters. The molecule has 0 aliphatic carbocycles. The van der Waals surface area contributed by atoms with Crippen LogP contribution in [-0.4, -0.2) is 70.4 Å². The van der Waals surface area contributed by atoms with E-state index < -0.39 is 51.6 Å². The second-order valence-corrected chi connectivity index (χ2v) is 8.55. The predicted octanol–water partition coefficient (Wildman–Crippen LogP) is -0.300. The van der Waals surface area contributed by atoms with Crippen LogP contribution in [-0.2, 0) is 19.6 Å². The topological polar surface area (TPSA) is 209 Å². The number of non-ortho nitro benzene ring substituents is 1. The summed E-state index contributed by atoms with van der Waals surface area (Å²) in [5, 5.41) is 52.0. The van der Waals surface area contributed by atoms with Gasteiger partial charge in [0.2, 0.25) is 0 Å². The molecule has 3 rings (SSSR count). The highest BCUT2D eigenvalue weighted by molar-refractivity contribution is 7.92. The van der Waals surface area contributed by atoms with E-state index in [4.69, 9.17) is 9.84 Å². The van der Waals surface area contributed by atoms with Gasteiger partial charge in [-0.15, -0.1) is 0 Å². The fraction of sp³-hybridized carbons (Fsp3) is 0.278. The van der Waals surface area contributed by atoms with Gasteiger partial charge in [-0.2, -0.15) is 0 Å². The Morgan fingerprint density at radius 1 is 0.938 bits per heavy atom. The Morgan fingerprint density at radius 3 is 2.03 bits per heavy atom. The van der Waals surface area contributed by atoms with Gasteiger partial charge in [-0.05, 0) is 36.4 Å². The number of anilines is 2. The lowest BCUT2D eigenvalue weighted by molar-refractivity contribution is -0.384. The summed E-state index contributed by atoms with van der Waals surface area (Å²) < 4.78 is 32.4. The van der Waals surface area contributed by atoms with Crippen molar-refractivity contribution in [1.29, 1.82) is 0 Å². The summed E-state index contributed by atoms with van der Waals surface area (Å²) in [5.41, 5.74) is 0.151. The number of nitro benzene ring substituents is 1. The number of hydrogen-bond donors (Lipinski definition) is 6. The van der Waals surface area contributed by atoms with E-state index in [0.29, 0.717) is 0 Å². The molecule has 0 spiro atoms. The van der Waals surface area contributed by atoms with E-state index in [9.17, 15) is 38.6 Å². The van der Waals surface area contributed by atoms with Crippen LogP contribution in [0.15, 0.2) is 53.4 Å². The quantitative estimate of drug-likeness (QED) is 0.229. The minimum absolute atomic E-state index is 0.115. The highest BCUT2D eigenvalue weighted by atomic mass is 32.2. The molecule has 0 saturated carbocycles. The van der Waals surface area contributed by atoms with E-state index >= 15 is 0 Å². The zero-order valence-electron chi connectivity index (χ0n) is 16.1. The first kappa shape index (κ1) is 23.4. The second kappa shape index (κ2) is 9.05. The van der Waals surface area contributed by atoms with Crippen molar-refractivity contribution in [1.82, 2.24) is 0 Å². The maximum Gasteiger partial charge on any atom is 0.335 e. The van der Waals surface area contributed by atoms with Crippen molar-refractivity contribution in [3.63, 3.8) is 0 Å². The number of nitrogens with one attached hydrogen (secondary N) is 2. The molecule has 1 fully saturated rings. The summed E-state index contributed by atoms with van der Waals surface area (Å²) in [6.45, 7) is 0. The van der Waals surface area contributed by atoms with Crippen LogP contribution in [0.1, 0.15) is 0 Å². The summed E-state index contributed by atoms with van der Waals surface area (Å²) in [6, 6.07) is 9.84. The molecule has 6 N–H and O–H groups in total. The maximum absolute atomic E-state index is 12.5. The Labute approximate surface area is 181 Å². The van der Waals surface area contributed by atoms with Crippen LogP contribution in [0, 0.1) is 10.1 Å². The summed E-state index contributed by atoms with van der Waals surface area (Å²) in [7, 11) is -4.02. The van der Waals surface area contributed by atoms with E-state index in [0.717, 1.165) is 12.1 Å². The third-order valence-electron chi connectivity index (χ3n) is 4.66. The number of nitrogens with zero attached hydrogens (tertiary/aromatic N) is 1. The largest absolute Gasteiger partial charge is 0.479 e. The fourth-order valence-corrected chi connectivity index (χ4v) is 4.02. The molecule has 2 aromatic rings. The molecular weight excluding hydrogens is 450 g/mol. The number of carboxylic acids is 1. The first-order valence-electron chi connectivity index (χ1n) is 9.06. The Balaban J connectivity index is 1.71. The van der Waals surface area contributed by atoms with E-state index in [-0.39, 0.29) is 22.0 Å². The van der Waals surface area contributed by atoms with Crippen molar-refractivity contribution in [3.8, 4) is 0 Å². The van der Waals surface area contributed by atoms with E-state index in [1.54, 1.807) is 0 Å². The number of nitro groups is 1. The Hall–Kier alpha value is -3.30. The van der Waals surface area contributed by atoms with Crippen molar-refractivity contribution < 1.29 is 43.3 Å². The molecule has 0 bridgehead atoms. The molecule has 14 heteroatoms. The number of hydrogen-bond acceptors (Lipinski definition) is 10. The van der Waals surface area contributed by atoms with Crippen LogP contribution in [0.2, 0.25) is 0 Å². The molecule has 2 aromatic carbocycles. The van der Waals surface area contributed by atoms with Crippen molar-refractivity contribution >= 4 is 33.1 Å². The molecule has 5 unspecified atom stereocenters. The lowest BCUT2D eigenvalue weighted by atomic mass is 9.98. The molecule has 1 aliphatic rings. The number of benzene rings is 2. The molecule has 13 nitrogen and oxygen atoms in total. The van der Waals surface area contributed by atoms with Crippen molar-refractivity contribution in [2.75, 3.05) is 10.0 Å². The SMILES string of the molecule is O=C(O)C1OC(Nc2ccc(S(=O)(=O)Nc3ccc([N+](=O)[O-])cc3)cc2)C(O)C(O)C1O. The average molecular weight is 469 g/mol. The van der Waals surface area contributed by atoms with Crippen LogP contribution in [0.5, 0.6) is 0 Å². The Bertz CT molecular complexity index is 1090. The average Bonchev–Trinajstić information content (AvgIpc) is 2.74. The van der Waals surface area contributed by atoms with Crippen molar-refractivity contribution in [3.05, 3.63) is 58.6 Å². The van der Waals surface area contributed by atoms with Crippen molar-refractivity contribution in [2.45, 2.75) is 35.5 Å². The van der Waals surface area contributed by atoms with Gasteiger partial charge in [0, 0.05) is 23.5 Å². The number of sulfonamides is 1. The Kier molecular flexibility index (Phi) is 6.61. The van der Waals surface area contributed by atoms with Gasteiger partial charge < -0.3 is 30.5 Å². The highest BCUT2D eigenvalue weighted by Crippen LogP contribution is 2.25. The van der Waals surface area contributed by atoms with E-state index in [1.165, 1.54) is 36.4 Å². The minimum Gasteiger partial charge on any atom is -0.479 e. The minimum atomic E-state index is -4.02. The van der Waals surface area contributed by atoms with Crippen LogP contribution in [0.3, 0.4) is 0 Å². The van der Waals surface area contributed by atoms with E-state index in [1.807, 2.05) is 0 Å². The molecule has 0 radical (unpaired) electrons. The summed E-state index contributed by atoms with van der Waals surface area (Å²) in [4.78, 5) is 21.1. The number of rotatable bonds is 7. The van der Waals surface area contributed by atoms with Crippen LogP contribution >= 0.6 is 0 Å². The summed E-state index contributed by atoms with van der Waals surface area (Å²) in [6.07, 6.45) is -8.45. The standard InChI is InChI=1S/C18H19N3O10S/c22-13-14(23)16(18(25)26)31-17(15(13)24)19-9-3-7-12(8-4-9)32(29,30)20-10-1-5-11(6-2-10)21(27)28/h1-8,13-17,19-20,22-24H,(H,25,26). The smallest absolute Gasteiger partial charge is 0.335 e. The number of aliphatic hydroxyl groups excluding tert-OH is 3. The second-order valence-electron chi connectivity index (χ2n) is 6.87. The Morgan fingerprint density at radius 2 is 1.50 bits per heavy atom. The van der Waals surface area contributed by atoms with Gasteiger partial charge in [-0.3, -0.25) is 14.8 Å². The van der Waals surface area contributed by atoms with Crippen LogP contribution in [0.25, 0.3) is 0 Å². The van der Waals surface area contributed by atoms with Crippen LogP contribution in [0.4, 0.5) is 17.1 Å². The predicted molar refractivity (Wildman–Crippen MR) is 108 cm³/mol. The molecule has 172 valence electrons. The molecule has 0 amide bonds. The van der Waals surface area contributed by atoms with Gasteiger partial charge >= 0.3 is 5.97 Å². The highest BCUT2D eigenvalue weighted by Gasteiger charge is 2.46.